The molecule has 1 aromatic heterocycles. The van der Waals surface area contributed by atoms with Crippen LogP contribution in [0.3, 0.4) is 0 Å². The quantitative estimate of drug-likeness (QED) is 0.727. The summed E-state index contributed by atoms with van der Waals surface area (Å²) in [6.07, 6.45) is 3.49. The molecule has 0 radical (unpaired) electrons. The molecule has 18 heavy (non-hydrogen) atoms. The van der Waals surface area contributed by atoms with Gasteiger partial charge in [-0.1, -0.05) is 30.3 Å². The van der Waals surface area contributed by atoms with E-state index in [9.17, 15) is 9.90 Å². The zero-order chi connectivity index (χ0) is 12.8. The van der Waals surface area contributed by atoms with E-state index in [-0.39, 0.29) is 18.6 Å². The average molecular weight is 245 g/mol. The topological polar surface area (TPSA) is 78.0 Å². The number of aromatic amines is 1. The van der Waals surface area contributed by atoms with Gasteiger partial charge in [-0.05, 0) is 12.0 Å². The van der Waals surface area contributed by atoms with E-state index in [1.54, 1.807) is 0 Å². The number of hydrogen-bond acceptors (Lipinski definition) is 3. The highest BCUT2D eigenvalue weighted by Crippen LogP contribution is 2.03. The SMILES string of the molecule is O=C(N[C@@H](CO)Cc1ccccc1)c1cnc[nH]1. The van der Waals surface area contributed by atoms with Crippen LogP contribution in [-0.2, 0) is 6.42 Å². The van der Waals surface area contributed by atoms with Crippen molar-refractivity contribution in [1.29, 1.82) is 0 Å². The van der Waals surface area contributed by atoms with Crippen molar-refractivity contribution in [2.24, 2.45) is 0 Å². The van der Waals surface area contributed by atoms with Gasteiger partial charge in [0.2, 0.25) is 0 Å². The van der Waals surface area contributed by atoms with Gasteiger partial charge in [-0.2, -0.15) is 0 Å². The summed E-state index contributed by atoms with van der Waals surface area (Å²) in [7, 11) is 0. The Hall–Kier alpha value is -2.14. The third-order valence-corrected chi connectivity index (χ3v) is 2.62. The molecule has 2 rings (SSSR count). The van der Waals surface area contributed by atoms with Gasteiger partial charge in [0.1, 0.15) is 5.69 Å². The number of amides is 1. The Balaban J connectivity index is 1.96. The Bertz CT molecular complexity index is 482. The maximum absolute atomic E-state index is 11.8. The van der Waals surface area contributed by atoms with E-state index < -0.39 is 0 Å². The molecular weight excluding hydrogens is 230 g/mol. The van der Waals surface area contributed by atoms with Crippen LogP contribution in [0, 0.1) is 0 Å². The molecule has 1 atom stereocenters. The Labute approximate surface area is 105 Å². The molecule has 3 N–H and O–H groups in total. The lowest BCUT2D eigenvalue weighted by Crippen LogP contribution is -2.39. The minimum Gasteiger partial charge on any atom is -0.394 e. The van der Waals surface area contributed by atoms with Crippen LogP contribution in [0.4, 0.5) is 0 Å². The number of nitrogens with one attached hydrogen (secondary N) is 2. The highest BCUT2D eigenvalue weighted by atomic mass is 16.3. The standard InChI is InChI=1S/C13H15N3O2/c17-8-11(6-10-4-2-1-3-5-10)16-13(18)12-7-14-9-15-12/h1-5,7,9,11,17H,6,8H2,(H,14,15)(H,16,18)/t11-/m1/s1. The molecule has 1 heterocycles. The predicted molar refractivity (Wildman–Crippen MR) is 67.1 cm³/mol. The largest absolute Gasteiger partial charge is 0.394 e. The van der Waals surface area contributed by atoms with Crippen LogP contribution in [0.1, 0.15) is 16.1 Å². The summed E-state index contributed by atoms with van der Waals surface area (Å²) >= 11 is 0. The van der Waals surface area contributed by atoms with Crippen LogP contribution in [0.25, 0.3) is 0 Å². The molecule has 1 amide bonds. The number of aliphatic hydroxyl groups is 1. The Kier molecular flexibility index (Phi) is 4.09. The van der Waals surface area contributed by atoms with Gasteiger partial charge in [-0.25, -0.2) is 4.98 Å². The summed E-state index contributed by atoms with van der Waals surface area (Å²) in [4.78, 5) is 18.3. The number of carbonyl (C=O) groups excluding carboxylic acids is 1. The monoisotopic (exact) mass is 245 g/mol. The molecule has 0 saturated heterocycles. The first-order valence-electron chi connectivity index (χ1n) is 5.73. The second-order valence-electron chi connectivity index (χ2n) is 4.01. The molecule has 0 bridgehead atoms. The predicted octanol–water partition coefficient (Wildman–Crippen LogP) is 0.743. The summed E-state index contributed by atoms with van der Waals surface area (Å²) < 4.78 is 0. The van der Waals surface area contributed by atoms with Crippen molar-refractivity contribution in [1.82, 2.24) is 15.3 Å². The number of rotatable bonds is 5. The normalized spacial score (nSPS) is 12.1. The highest BCUT2D eigenvalue weighted by molar-refractivity contribution is 5.92. The number of hydrogen-bond donors (Lipinski definition) is 3. The number of imidazole rings is 1. The molecule has 5 heteroatoms. The average Bonchev–Trinajstić information content (AvgIpc) is 2.93. The molecule has 0 fully saturated rings. The third kappa shape index (κ3) is 3.18. The fraction of sp³-hybridized carbons (Fsp3) is 0.231. The first kappa shape index (κ1) is 12.3. The van der Waals surface area contributed by atoms with Gasteiger partial charge in [0, 0.05) is 0 Å². The maximum Gasteiger partial charge on any atom is 0.269 e. The molecule has 0 unspecified atom stereocenters. The number of aliphatic hydroxyl groups excluding tert-OH is 1. The van der Waals surface area contributed by atoms with Gasteiger partial charge in [0.15, 0.2) is 0 Å². The number of H-pyrrole nitrogens is 1. The van der Waals surface area contributed by atoms with Crippen molar-refractivity contribution in [3.8, 4) is 0 Å². The summed E-state index contributed by atoms with van der Waals surface area (Å²) in [5, 5.41) is 12.1. The highest BCUT2D eigenvalue weighted by Gasteiger charge is 2.14. The minimum atomic E-state index is -0.303. The molecule has 0 aliphatic heterocycles. The molecule has 2 aromatic rings. The molecule has 0 aliphatic carbocycles. The fourth-order valence-electron chi connectivity index (χ4n) is 1.70. The second kappa shape index (κ2) is 5.97. The smallest absolute Gasteiger partial charge is 0.269 e. The summed E-state index contributed by atoms with van der Waals surface area (Å²) in [5.74, 6) is -0.262. The van der Waals surface area contributed by atoms with Crippen molar-refractivity contribution >= 4 is 5.91 Å². The fourth-order valence-corrected chi connectivity index (χ4v) is 1.70. The number of carbonyl (C=O) groups is 1. The van der Waals surface area contributed by atoms with E-state index in [1.165, 1.54) is 12.5 Å². The summed E-state index contributed by atoms with van der Waals surface area (Å²) in [6.45, 7) is -0.102. The molecule has 0 saturated carbocycles. The van der Waals surface area contributed by atoms with E-state index >= 15 is 0 Å². The Morgan fingerprint density at radius 2 is 2.17 bits per heavy atom. The third-order valence-electron chi connectivity index (χ3n) is 2.62. The van der Waals surface area contributed by atoms with Crippen LogP contribution in [-0.4, -0.2) is 33.6 Å². The first-order chi connectivity index (χ1) is 8.79. The molecule has 5 nitrogen and oxygen atoms in total. The van der Waals surface area contributed by atoms with Gasteiger partial charge < -0.3 is 15.4 Å². The second-order valence-corrected chi connectivity index (χ2v) is 4.01. The van der Waals surface area contributed by atoms with Crippen LogP contribution < -0.4 is 5.32 Å². The number of benzene rings is 1. The van der Waals surface area contributed by atoms with E-state index in [0.29, 0.717) is 12.1 Å². The van der Waals surface area contributed by atoms with E-state index in [2.05, 4.69) is 15.3 Å². The van der Waals surface area contributed by atoms with Crippen molar-refractivity contribution in [3.63, 3.8) is 0 Å². The lowest BCUT2D eigenvalue weighted by atomic mass is 10.1. The van der Waals surface area contributed by atoms with Gasteiger partial charge >= 0.3 is 0 Å². The lowest BCUT2D eigenvalue weighted by Gasteiger charge is -2.15. The Morgan fingerprint density at radius 3 is 2.78 bits per heavy atom. The van der Waals surface area contributed by atoms with Gasteiger partial charge in [0.05, 0.1) is 25.2 Å². The lowest BCUT2D eigenvalue weighted by molar-refractivity contribution is 0.0912. The molecule has 0 aliphatic rings. The van der Waals surface area contributed by atoms with Gasteiger partial charge in [-0.3, -0.25) is 4.79 Å². The number of nitrogens with zero attached hydrogens (tertiary/aromatic N) is 1. The summed E-state index contributed by atoms with van der Waals surface area (Å²) in [5.41, 5.74) is 1.46. The molecule has 1 aromatic carbocycles. The van der Waals surface area contributed by atoms with E-state index in [1.807, 2.05) is 30.3 Å². The van der Waals surface area contributed by atoms with Gasteiger partial charge in [-0.15, -0.1) is 0 Å². The zero-order valence-corrected chi connectivity index (χ0v) is 9.84. The zero-order valence-electron chi connectivity index (χ0n) is 9.84. The molecule has 0 spiro atoms. The van der Waals surface area contributed by atoms with E-state index in [0.717, 1.165) is 5.56 Å². The van der Waals surface area contributed by atoms with Crippen molar-refractivity contribution in [3.05, 3.63) is 54.1 Å². The Morgan fingerprint density at radius 1 is 1.39 bits per heavy atom. The van der Waals surface area contributed by atoms with Gasteiger partial charge in [0.25, 0.3) is 5.91 Å². The first-order valence-corrected chi connectivity index (χ1v) is 5.73. The number of aromatic nitrogens is 2. The van der Waals surface area contributed by atoms with Crippen LogP contribution in [0.2, 0.25) is 0 Å². The minimum absolute atomic E-state index is 0.102. The van der Waals surface area contributed by atoms with E-state index in [4.69, 9.17) is 0 Å². The van der Waals surface area contributed by atoms with Crippen LogP contribution in [0.5, 0.6) is 0 Å². The molecule has 94 valence electrons. The van der Waals surface area contributed by atoms with Crippen LogP contribution >= 0.6 is 0 Å². The van der Waals surface area contributed by atoms with Crippen molar-refractivity contribution < 1.29 is 9.90 Å². The van der Waals surface area contributed by atoms with Crippen molar-refractivity contribution in [2.45, 2.75) is 12.5 Å². The van der Waals surface area contributed by atoms with Crippen LogP contribution in [0.15, 0.2) is 42.9 Å². The molecular formula is C13H15N3O2. The maximum atomic E-state index is 11.8. The van der Waals surface area contributed by atoms with Crippen molar-refractivity contribution in [2.75, 3.05) is 6.61 Å². The summed E-state index contributed by atoms with van der Waals surface area (Å²) in [6, 6.07) is 9.42.